The number of carbonyl (C=O) groups is 1. The summed E-state index contributed by atoms with van der Waals surface area (Å²) >= 11 is 6.71. The predicted molar refractivity (Wildman–Crippen MR) is 120 cm³/mol. The minimum atomic E-state index is -0.00656. The third kappa shape index (κ3) is 3.27. The number of rotatable bonds is 4. The zero-order valence-electron chi connectivity index (χ0n) is 15.7. The summed E-state index contributed by atoms with van der Waals surface area (Å²) in [6.07, 6.45) is 0.421. The Bertz CT molecular complexity index is 1240. The fourth-order valence-electron chi connectivity index (χ4n) is 3.68. The van der Waals surface area contributed by atoms with E-state index in [2.05, 4.69) is 27.3 Å². The normalized spacial score (nSPS) is 16.1. The van der Waals surface area contributed by atoms with Crippen molar-refractivity contribution >= 4 is 60.5 Å². The van der Waals surface area contributed by atoms with E-state index in [1.165, 1.54) is 11.3 Å². The number of benzene rings is 1. The van der Waals surface area contributed by atoms with Gasteiger partial charge in [0.1, 0.15) is 11.6 Å². The Kier molecular flexibility index (Phi) is 4.68. The molecular formula is C20H17BrN4O2S2. The topological polar surface area (TPSA) is 69.0 Å². The molecule has 0 saturated carbocycles. The Morgan fingerprint density at radius 2 is 2.24 bits per heavy atom. The highest BCUT2D eigenvalue weighted by Crippen LogP contribution is 2.43. The average Bonchev–Trinajstić information content (AvgIpc) is 3.38. The largest absolute Gasteiger partial charge is 0.494 e. The van der Waals surface area contributed by atoms with Gasteiger partial charge in [0.05, 0.1) is 22.5 Å². The van der Waals surface area contributed by atoms with E-state index in [9.17, 15) is 4.79 Å². The van der Waals surface area contributed by atoms with Gasteiger partial charge in [-0.1, -0.05) is 11.3 Å². The number of nitrogens with one attached hydrogen (secondary N) is 1. The summed E-state index contributed by atoms with van der Waals surface area (Å²) < 4.78 is 9.42. The van der Waals surface area contributed by atoms with Gasteiger partial charge in [0, 0.05) is 32.6 Å². The molecule has 6 nitrogen and oxygen atoms in total. The number of ether oxygens (including phenoxy) is 1. The lowest BCUT2D eigenvalue weighted by Crippen LogP contribution is -2.24. The van der Waals surface area contributed by atoms with Gasteiger partial charge in [-0.2, -0.15) is 9.78 Å². The molecule has 148 valence electrons. The fraction of sp³-hybridized carbons (Fsp3) is 0.250. The molecule has 1 N–H and O–H groups in total. The summed E-state index contributed by atoms with van der Waals surface area (Å²) in [6, 6.07) is 7.95. The Morgan fingerprint density at radius 1 is 1.38 bits per heavy atom. The Balaban J connectivity index is 1.62. The van der Waals surface area contributed by atoms with Crippen LogP contribution in [0.3, 0.4) is 0 Å². The molecule has 0 radical (unpaired) electrons. The van der Waals surface area contributed by atoms with Crippen molar-refractivity contribution in [3.63, 3.8) is 0 Å². The van der Waals surface area contributed by atoms with Gasteiger partial charge in [-0.15, -0.1) is 11.3 Å². The van der Waals surface area contributed by atoms with E-state index in [0.29, 0.717) is 13.0 Å². The van der Waals surface area contributed by atoms with Gasteiger partial charge < -0.3 is 10.1 Å². The van der Waals surface area contributed by atoms with Crippen molar-refractivity contribution in [2.24, 2.45) is 0 Å². The summed E-state index contributed by atoms with van der Waals surface area (Å²) in [5.74, 6) is 1.54. The van der Waals surface area contributed by atoms with E-state index >= 15 is 0 Å². The first-order chi connectivity index (χ1) is 14.0. The average molecular weight is 489 g/mol. The molecule has 4 heterocycles. The van der Waals surface area contributed by atoms with Crippen LogP contribution >= 0.6 is 38.6 Å². The molecule has 1 aliphatic heterocycles. The molecule has 3 aromatic heterocycles. The lowest BCUT2D eigenvalue weighted by Gasteiger charge is -2.22. The van der Waals surface area contributed by atoms with Crippen LogP contribution in [-0.2, 0) is 4.79 Å². The number of nitrogens with zero attached hydrogens (tertiary/aromatic N) is 3. The number of carbonyl (C=O) groups excluding carboxylic acids is 1. The van der Waals surface area contributed by atoms with Gasteiger partial charge in [0.15, 0.2) is 0 Å². The minimum absolute atomic E-state index is 0.00253. The molecule has 4 aromatic rings. The Hall–Kier alpha value is -2.23. The quantitative estimate of drug-likeness (QED) is 0.412. The van der Waals surface area contributed by atoms with Crippen LogP contribution in [-0.4, -0.2) is 27.3 Å². The van der Waals surface area contributed by atoms with Crippen molar-refractivity contribution in [2.75, 3.05) is 11.9 Å². The van der Waals surface area contributed by atoms with E-state index in [1.54, 1.807) is 16.0 Å². The number of aryl methyl sites for hydroxylation is 1. The van der Waals surface area contributed by atoms with Gasteiger partial charge in [-0.25, -0.2) is 4.98 Å². The number of thiophene rings is 1. The zero-order valence-corrected chi connectivity index (χ0v) is 18.9. The molecule has 1 amide bonds. The van der Waals surface area contributed by atoms with Crippen LogP contribution in [0.15, 0.2) is 34.1 Å². The summed E-state index contributed by atoms with van der Waals surface area (Å²) in [7, 11) is 0. The van der Waals surface area contributed by atoms with Gasteiger partial charge in [0.25, 0.3) is 0 Å². The molecule has 0 aliphatic carbocycles. The zero-order chi connectivity index (χ0) is 20.1. The summed E-state index contributed by atoms with van der Waals surface area (Å²) in [5, 5.41) is 10.5. The standard InChI is InChI=1S/C20H17BrN4O2S2/c1-3-27-12-4-5-14-16(7-12)29-20(22-14)25-19-18(10(2)24-25)13(8-17(26)23-19)15-6-11(21)9-28-15/h4-7,9,13H,3,8H2,1-2H3,(H,23,26)/t13-/m0/s1. The maximum atomic E-state index is 12.5. The van der Waals surface area contributed by atoms with Crippen molar-refractivity contribution in [1.82, 2.24) is 14.8 Å². The summed E-state index contributed by atoms with van der Waals surface area (Å²) in [5.41, 5.74) is 2.85. The minimum Gasteiger partial charge on any atom is -0.494 e. The number of amides is 1. The molecule has 0 unspecified atom stereocenters. The second-order valence-corrected chi connectivity index (χ2v) is 9.66. The molecule has 0 bridgehead atoms. The lowest BCUT2D eigenvalue weighted by molar-refractivity contribution is -0.116. The van der Waals surface area contributed by atoms with Crippen LogP contribution in [0.1, 0.15) is 35.4 Å². The molecule has 1 atom stereocenters. The van der Waals surface area contributed by atoms with Crippen LogP contribution in [0.2, 0.25) is 0 Å². The van der Waals surface area contributed by atoms with Crippen molar-refractivity contribution in [3.05, 3.63) is 50.3 Å². The van der Waals surface area contributed by atoms with Crippen molar-refractivity contribution in [1.29, 1.82) is 0 Å². The monoisotopic (exact) mass is 488 g/mol. The van der Waals surface area contributed by atoms with Crippen LogP contribution in [0.5, 0.6) is 5.75 Å². The van der Waals surface area contributed by atoms with Gasteiger partial charge in [0.2, 0.25) is 11.0 Å². The van der Waals surface area contributed by atoms with E-state index in [0.717, 1.165) is 47.5 Å². The third-order valence-corrected chi connectivity index (χ3v) is 7.68. The first-order valence-corrected chi connectivity index (χ1v) is 11.7. The fourth-order valence-corrected chi connectivity index (χ4v) is 6.19. The van der Waals surface area contributed by atoms with Crippen LogP contribution in [0.4, 0.5) is 5.82 Å². The molecule has 0 fully saturated rings. The molecular weight excluding hydrogens is 472 g/mol. The Morgan fingerprint density at radius 3 is 3.00 bits per heavy atom. The number of hydrogen-bond acceptors (Lipinski definition) is 6. The summed E-state index contributed by atoms with van der Waals surface area (Å²) in [4.78, 5) is 18.4. The molecule has 5 rings (SSSR count). The Labute approximate surface area is 183 Å². The second kappa shape index (κ2) is 7.23. The van der Waals surface area contributed by atoms with E-state index < -0.39 is 0 Å². The van der Waals surface area contributed by atoms with E-state index in [4.69, 9.17) is 14.8 Å². The van der Waals surface area contributed by atoms with Gasteiger partial charge in [-0.05, 0) is 54.0 Å². The third-order valence-electron chi connectivity index (χ3n) is 4.87. The van der Waals surface area contributed by atoms with Gasteiger partial charge in [-0.3, -0.25) is 4.79 Å². The highest BCUT2D eigenvalue weighted by atomic mass is 79.9. The predicted octanol–water partition coefficient (Wildman–Crippen LogP) is 5.49. The molecule has 1 aromatic carbocycles. The molecule has 0 spiro atoms. The number of halogens is 1. The summed E-state index contributed by atoms with van der Waals surface area (Å²) in [6.45, 7) is 4.57. The maximum absolute atomic E-state index is 12.5. The lowest BCUT2D eigenvalue weighted by atomic mass is 9.91. The second-order valence-electron chi connectivity index (χ2n) is 6.79. The first kappa shape index (κ1) is 18.8. The van der Waals surface area contributed by atoms with Crippen LogP contribution in [0.25, 0.3) is 15.3 Å². The first-order valence-electron chi connectivity index (χ1n) is 9.20. The molecule has 0 saturated heterocycles. The number of fused-ring (bicyclic) bond motifs is 2. The SMILES string of the molecule is CCOc1ccc2nc(-n3nc(C)c4c3NC(=O)C[C@H]4c3cc(Br)cs3)sc2c1. The van der Waals surface area contributed by atoms with Crippen molar-refractivity contribution in [3.8, 4) is 10.9 Å². The molecule has 29 heavy (non-hydrogen) atoms. The highest BCUT2D eigenvalue weighted by Gasteiger charge is 2.34. The maximum Gasteiger partial charge on any atom is 0.226 e. The number of aromatic nitrogens is 3. The molecule has 9 heteroatoms. The van der Waals surface area contributed by atoms with E-state index in [1.807, 2.05) is 37.4 Å². The number of thiazole rings is 1. The smallest absolute Gasteiger partial charge is 0.226 e. The number of hydrogen-bond donors (Lipinski definition) is 1. The van der Waals surface area contributed by atoms with Crippen molar-refractivity contribution < 1.29 is 9.53 Å². The highest BCUT2D eigenvalue weighted by molar-refractivity contribution is 9.10. The van der Waals surface area contributed by atoms with E-state index in [-0.39, 0.29) is 11.8 Å². The van der Waals surface area contributed by atoms with Crippen LogP contribution < -0.4 is 10.1 Å². The molecule has 1 aliphatic rings. The van der Waals surface area contributed by atoms with Crippen LogP contribution in [0, 0.1) is 6.92 Å². The number of anilines is 1. The van der Waals surface area contributed by atoms with Gasteiger partial charge >= 0.3 is 0 Å². The van der Waals surface area contributed by atoms with Crippen molar-refractivity contribution in [2.45, 2.75) is 26.2 Å².